The lowest BCUT2D eigenvalue weighted by Crippen LogP contribution is -2.14. The summed E-state index contributed by atoms with van der Waals surface area (Å²) in [4.78, 5) is 19.3. The highest BCUT2D eigenvalue weighted by Crippen LogP contribution is 2.25. The van der Waals surface area contributed by atoms with Gasteiger partial charge in [-0.1, -0.05) is 41.9 Å². The highest BCUT2D eigenvalue weighted by molar-refractivity contribution is 9.10. The van der Waals surface area contributed by atoms with Gasteiger partial charge in [-0.15, -0.1) is 0 Å². The number of aromatic amines is 1. The third-order valence-corrected chi connectivity index (χ3v) is 4.50. The van der Waals surface area contributed by atoms with Crippen molar-refractivity contribution in [3.63, 3.8) is 0 Å². The molecule has 1 heterocycles. The molecule has 0 saturated carbocycles. The molecule has 0 bridgehead atoms. The third kappa shape index (κ3) is 2.98. The fourth-order valence-electron chi connectivity index (χ4n) is 1.74. The number of aryl methyl sites for hydroxylation is 1. The Morgan fingerprint density at radius 2 is 1.95 bits per heavy atom. The van der Waals surface area contributed by atoms with Crippen molar-refractivity contribution in [2.75, 3.05) is 0 Å². The Kier molecular flexibility index (Phi) is 4.26. The van der Waals surface area contributed by atoms with E-state index in [9.17, 15) is 4.79 Å². The lowest BCUT2D eigenvalue weighted by molar-refractivity contribution is 0.803. The maximum absolute atomic E-state index is 11.9. The summed E-state index contributed by atoms with van der Waals surface area (Å²) in [7, 11) is 0. The predicted molar refractivity (Wildman–Crippen MR) is 84.5 cm³/mol. The molecular weight excluding hydrogens is 372 g/mol. The van der Waals surface area contributed by atoms with Crippen molar-refractivity contribution >= 4 is 31.9 Å². The smallest absolute Gasteiger partial charge is 0.265 e. The number of aromatic nitrogens is 2. The summed E-state index contributed by atoms with van der Waals surface area (Å²) in [6.45, 7) is 6.05. The molecule has 0 amide bonds. The van der Waals surface area contributed by atoms with Crippen LogP contribution in [0.25, 0.3) is 11.4 Å². The SMILES string of the molecule is Cc1ccc(-c2nc(C(C)C)c(Br)c(=O)[nH]2)cc1Br. The van der Waals surface area contributed by atoms with E-state index in [4.69, 9.17) is 0 Å². The number of H-pyrrole nitrogens is 1. The van der Waals surface area contributed by atoms with Crippen LogP contribution in [-0.4, -0.2) is 9.97 Å². The maximum atomic E-state index is 11.9. The van der Waals surface area contributed by atoms with Crippen LogP contribution in [0.5, 0.6) is 0 Å². The monoisotopic (exact) mass is 384 g/mol. The number of nitrogens with one attached hydrogen (secondary N) is 1. The molecule has 2 aromatic rings. The van der Waals surface area contributed by atoms with E-state index in [1.165, 1.54) is 0 Å². The average Bonchev–Trinajstić information content (AvgIpc) is 2.35. The number of hydrogen-bond acceptors (Lipinski definition) is 2. The van der Waals surface area contributed by atoms with E-state index < -0.39 is 0 Å². The van der Waals surface area contributed by atoms with E-state index in [0.717, 1.165) is 21.3 Å². The molecule has 1 aromatic heterocycles. The molecule has 1 N–H and O–H groups in total. The van der Waals surface area contributed by atoms with Gasteiger partial charge in [-0.05, 0) is 40.4 Å². The molecule has 0 saturated heterocycles. The van der Waals surface area contributed by atoms with Crippen LogP contribution in [0.3, 0.4) is 0 Å². The van der Waals surface area contributed by atoms with Crippen LogP contribution in [0, 0.1) is 6.92 Å². The zero-order valence-corrected chi connectivity index (χ0v) is 14.1. The van der Waals surface area contributed by atoms with Crippen molar-refractivity contribution in [2.45, 2.75) is 26.7 Å². The Hall–Kier alpha value is -0.940. The Balaban J connectivity index is 2.63. The zero-order valence-electron chi connectivity index (χ0n) is 10.9. The molecule has 0 spiro atoms. The molecule has 0 unspecified atom stereocenters. The fraction of sp³-hybridized carbons (Fsp3) is 0.286. The van der Waals surface area contributed by atoms with Crippen molar-refractivity contribution in [3.8, 4) is 11.4 Å². The third-order valence-electron chi connectivity index (χ3n) is 2.88. The number of halogens is 2. The van der Waals surface area contributed by atoms with Crippen molar-refractivity contribution < 1.29 is 0 Å². The van der Waals surface area contributed by atoms with Crippen molar-refractivity contribution in [1.82, 2.24) is 9.97 Å². The molecule has 5 heteroatoms. The second-order valence-corrected chi connectivity index (χ2v) is 6.38. The summed E-state index contributed by atoms with van der Waals surface area (Å²) in [6.07, 6.45) is 0. The van der Waals surface area contributed by atoms with Crippen molar-refractivity contribution in [2.24, 2.45) is 0 Å². The number of benzene rings is 1. The highest BCUT2D eigenvalue weighted by atomic mass is 79.9. The summed E-state index contributed by atoms with van der Waals surface area (Å²) in [5.41, 5.74) is 2.66. The average molecular weight is 386 g/mol. The fourth-order valence-corrected chi connectivity index (χ4v) is 2.76. The van der Waals surface area contributed by atoms with Gasteiger partial charge in [-0.25, -0.2) is 4.98 Å². The molecule has 0 aliphatic heterocycles. The second kappa shape index (κ2) is 5.59. The van der Waals surface area contributed by atoms with Crippen molar-refractivity contribution in [3.05, 3.63) is 48.8 Å². The minimum atomic E-state index is -0.148. The number of rotatable bonds is 2. The molecule has 100 valence electrons. The molecule has 0 radical (unpaired) electrons. The van der Waals surface area contributed by atoms with Gasteiger partial charge in [-0.2, -0.15) is 0 Å². The van der Waals surface area contributed by atoms with Gasteiger partial charge in [0.2, 0.25) is 0 Å². The first-order valence-electron chi connectivity index (χ1n) is 5.96. The summed E-state index contributed by atoms with van der Waals surface area (Å²) in [5, 5.41) is 0. The van der Waals surface area contributed by atoms with Gasteiger partial charge < -0.3 is 4.98 Å². The first kappa shape index (κ1) is 14.5. The van der Waals surface area contributed by atoms with Gasteiger partial charge in [0.25, 0.3) is 5.56 Å². The van der Waals surface area contributed by atoms with Gasteiger partial charge in [-0.3, -0.25) is 4.79 Å². The van der Waals surface area contributed by atoms with Gasteiger partial charge in [0.15, 0.2) is 0 Å². The van der Waals surface area contributed by atoms with Crippen molar-refractivity contribution in [1.29, 1.82) is 0 Å². The van der Waals surface area contributed by atoms with Crippen LogP contribution in [0.4, 0.5) is 0 Å². The minimum Gasteiger partial charge on any atom is -0.306 e. The molecule has 2 rings (SSSR count). The summed E-state index contributed by atoms with van der Waals surface area (Å²) in [5.74, 6) is 0.780. The molecule has 1 aromatic carbocycles. The maximum Gasteiger partial charge on any atom is 0.265 e. The summed E-state index contributed by atoms with van der Waals surface area (Å²) >= 11 is 6.79. The van der Waals surface area contributed by atoms with Gasteiger partial charge in [0, 0.05) is 10.0 Å². The largest absolute Gasteiger partial charge is 0.306 e. The Morgan fingerprint density at radius 3 is 2.53 bits per heavy atom. The Bertz CT molecular complexity index is 678. The standard InChI is InChI=1S/C14H14Br2N2O/c1-7(2)12-11(16)14(19)18-13(17-12)9-5-4-8(3)10(15)6-9/h4-7H,1-3H3,(H,17,18,19). The van der Waals surface area contributed by atoms with E-state index in [-0.39, 0.29) is 11.5 Å². The Labute approximate surface area is 128 Å². The van der Waals surface area contributed by atoms with E-state index in [1.807, 2.05) is 39.0 Å². The molecular formula is C14H14Br2N2O. The summed E-state index contributed by atoms with van der Waals surface area (Å²) in [6, 6.07) is 5.92. The molecule has 0 aliphatic carbocycles. The van der Waals surface area contributed by atoms with Crippen LogP contribution in [0.2, 0.25) is 0 Å². The van der Waals surface area contributed by atoms with Gasteiger partial charge in [0.1, 0.15) is 10.3 Å². The normalized spacial score (nSPS) is 11.1. The number of hydrogen-bond donors (Lipinski definition) is 1. The number of nitrogens with zero attached hydrogens (tertiary/aromatic N) is 1. The highest BCUT2D eigenvalue weighted by Gasteiger charge is 2.13. The van der Waals surface area contributed by atoms with Crippen LogP contribution >= 0.6 is 31.9 Å². The molecule has 0 fully saturated rings. The lowest BCUT2D eigenvalue weighted by atomic mass is 10.1. The van der Waals surface area contributed by atoms with E-state index in [0.29, 0.717) is 10.3 Å². The zero-order chi connectivity index (χ0) is 14.2. The molecule has 0 atom stereocenters. The molecule has 19 heavy (non-hydrogen) atoms. The van der Waals surface area contributed by atoms with E-state index in [2.05, 4.69) is 41.8 Å². The predicted octanol–water partition coefficient (Wildman–Crippen LogP) is 4.39. The molecule has 0 aliphatic rings. The quantitative estimate of drug-likeness (QED) is 0.832. The molecule has 3 nitrogen and oxygen atoms in total. The van der Waals surface area contributed by atoms with Gasteiger partial charge >= 0.3 is 0 Å². The van der Waals surface area contributed by atoms with Crippen LogP contribution in [0.15, 0.2) is 31.9 Å². The van der Waals surface area contributed by atoms with Crippen LogP contribution in [0.1, 0.15) is 31.0 Å². The first-order valence-corrected chi connectivity index (χ1v) is 7.55. The van der Waals surface area contributed by atoms with E-state index in [1.54, 1.807) is 0 Å². The minimum absolute atomic E-state index is 0.148. The lowest BCUT2D eigenvalue weighted by Gasteiger charge is -2.10. The second-order valence-electron chi connectivity index (χ2n) is 4.73. The first-order chi connectivity index (χ1) is 8.90. The van der Waals surface area contributed by atoms with Crippen LogP contribution in [-0.2, 0) is 0 Å². The van der Waals surface area contributed by atoms with Gasteiger partial charge in [0.05, 0.1) is 5.69 Å². The van der Waals surface area contributed by atoms with Crippen LogP contribution < -0.4 is 5.56 Å². The topological polar surface area (TPSA) is 45.8 Å². The summed E-state index contributed by atoms with van der Waals surface area (Å²) < 4.78 is 1.51. The Morgan fingerprint density at radius 1 is 1.26 bits per heavy atom. The van der Waals surface area contributed by atoms with E-state index >= 15 is 0 Å².